The zero-order chi connectivity index (χ0) is 12.7. The number of nitrogens with zero attached hydrogens (tertiary/aromatic N) is 2. The molecule has 0 atom stereocenters. The monoisotopic (exact) mass is 274 g/mol. The molecule has 18 heavy (non-hydrogen) atoms. The van der Waals surface area contributed by atoms with Crippen molar-refractivity contribution >= 4 is 18.4 Å². The number of halogens is 1. The Morgan fingerprint density at radius 2 is 2.06 bits per heavy atom. The molecule has 0 aliphatic rings. The van der Waals surface area contributed by atoms with E-state index >= 15 is 0 Å². The molecule has 0 aromatic carbocycles. The molecule has 5 heteroatoms. The van der Waals surface area contributed by atoms with E-state index in [1.165, 1.54) is 0 Å². The van der Waals surface area contributed by atoms with Crippen LogP contribution in [0.3, 0.4) is 0 Å². The minimum Gasteiger partial charge on any atom is -0.481 e. The Balaban J connectivity index is 0.00000289. The molecule has 4 nitrogen and oxygen atoms in total. The molecular formula is C13H23ClN2O2. The Kier molecular flexibility index (Phi) is 7.67. The smallest absolute Gasteiger partial charge is 0.303 e. The van der Waals surface area contributed by atoms with Crippen LogP contribution in [0.1, 0.15) is 46.0 Å². The van der Waals surface area contributed by atoms with Gasteiger partial charge in [-0.2, -0.15) is 0 Å². The summed E-state index contributed by atoms with van der Waals surface area (Å²) in [5, 5.41) is 8.66. The number of imidazole rings is 1. The summed E-state index contributed by atoms with van der Waals surface area (Å²) in [5.41, 5.74) is 0.132. The van der Waals surface area contributed by atoms with Crippen molar-refractivity contribution in [2.45, 2.75) is 52.5 Å². The van der Waals surface area contributed by atoms with Gasteiger partial charge in [0.25, 0.3) is 0 Å². The zero-order valence-electron chi connectivity index (χ0n) is 11.1. The van der Waals surface area contributed by atoms with Gasteiger partial charge in [-0.05, 0) is 24.7 Å². The highest BCUT2D eigenvalue weighted by molar-refractivity contribution is 5.85. The standard InChI is InChI=1S/C13H22N2O2.ClH/c1-13(2,7-5-12(16)17)6-3-4-9-15-10-8-14-11-15;/h8,10-11H,3-7,9H2,1-2H3,(H,16,17);1H. The summed E-state index contributed by atoms with van der Waals surface area (Å²) in [4.78, 5) is 14.5. The van der Waals surface area contributed by atoms with E-state index in [9.17, 15) is 4.79 Å². The van der Waals surface area contributed by atoms with Gasteiger partial charge in [-0.15, -0.1) is 12.4 Å². The van der Waals surface area contributed by atoms with Gasteiger partial charge in [0.15, 0.2) is 0 Å². The molecule has 0 saturated carbocycles. The second-order valence-electron chi connectivity index (χ2n) is 5.32. The highest BCUT2D eigenvalue weighted by atomic mass is 35.5. The maximum absolute atomic E-state index is 10.5. The predicted octanol–water partition coefficient (Wildman–Crippen LogP) is 3.37. The first-order valence-corrected chi connectivity index (χ1v) is 6.17. The number of unbranched alkanes of at least 4 members (excludes halogenated alkanes) is 1. The second-order valence-corrected chi connectivity index (χ2v) is 5.32. The fourth-order valence-electron chi connectivity index (χ4n) is 1.89. The third-order valence-corrected chi connectivity index (χ3v) is 3.09. The second kappa shape index (κ2) is 8.14. The summed E-state index contributed by atoms with van der Waals surface area (Å²) in [5.74, 6) is -0.698. The first-order valence-electron chi connectivity index (χ1n) is 6.17. The van der Waals surface area contributed by atoms with Crippen molar-refractivity contribution < 1.29 is 9.90 Å². The van der Waals surface area contributed by atoms with Crippen LogP contribution >= 0.6 is 12.4 Å². The maximum Gasteiger partial charge on any atom is 0.303 e. The van der Waals surface area contributed by atoms with Crippen molar-refractivity contribution in [3.05, 3.63) is 18.7 Å². The number of aromatic nitrogens is 2. The Morgan fingerprint density at radius 3 is 2.61 bits per heavy atom. The zero-order valence-corrected chi connectivity index (χ0v) is 11.9. The summed E-state index contributed by atoms with van der Waals surface area (Å²) in [6.45, 7) is 5.29. The molecule has 0 fully saturated rings. The van der Waals surface area contributed by atoms with Crippen molar-refractivity contribution in [2.24, 2.45) is 5.41 Å². The quantitative estimate of drug-likeness (QED) is 0.740. The topological polar surface area (TPSA) is 55.1 Å². The molecule has 1 aromatic rings. The molecule has 0 spiro atoms. The summed E-state index contributed by atoms with van der Waals surface area (Å²) in [6.07, 6.45) is 9.94. The lowest BCUT2D eigenvalue weighted by Crippen LogP contribution is -2.13. The normalized spacial score (nSPS) is 11.0. The van der Waals surface area contributed by atoms with Crippen LogP contribution in [0, 0.1) is 5.41 Å². The SMILES string of the molecule is CC(C)(CCCCn1ccnc1)CCC(=O)O.Cl. The third kappa shape index (κ3) is 7.33. The molecule has 0 unspecified atom stereocenters. The van der Waals surface area contributed by atoms with Gasteiger partial charge in [-0.25, -0.2) is 4.98 Å². The fraction of sp³-hybridized carbons (Fsp3) is 0.692. The number of carboxylic acids is 1. The number of carbonyl (C=O) groups is 1. The van der Waals surface area contributed by atoms with Crippen LogP contribution in [-0.2, 0) is 11.3 Å². The van der Waals surface area contributed by atoms with Gasteiger partial charge < -0.3 is 9.67 Å². The van der Waals surface area contributed by atoms with Gasteiger partial charge >= 0.3 is 5.97 Å². The van der Waals surface area contributed by atoms with Crippen LogP contribution in [0.25, 0.3) is 0 Å². The molecule has 0 amide bonds. The van der Waals surface area contributed by atoms with Crippen molar-refractivity contribution in [1.29, 1.82) is 0 Å². The van der Waals surface area contributed by atoms with E-state index in [0.717, 1.165) is 32.2 Å². The van der Waals surface area contributed by atoms with Gasteiger partial charge in [0.1, 0.15) is 0 Å². The molecular weight excluding hydrogens is 252 g/mol. The Hall–Kier alpha value is -1.03. The van der Waals surface area contributed by atoms with Crippen LogP contribution in [-0.4, -0.2) is 20.6 Å². The number of hydrogen-bond donors (Lipinski definition) is 1. The van der Waals surface area contributed by atoms with Crippen molar-refractivity contribution in [3.63, 3.8) is 0 Å². The lowest BCUT2D eigenvalue weighted by Gasteiger charge is -2.23. The number of hydrogen-bond acceptors (Lipinski definition) is 2. The van der Waals surface area contributed by atoms with E-state index in [4.69, 9.17) is 5.11 Å². The fourth-order valence-corrected chi connectivity index (χ4v) is 1.89. The minimum atomic E-state index is -0.698. The molecule has 0 radical (unpaired) electrons. The molecule has 0 bridgehead atoms. The molecule has 0 saturated heterocycles. The van der Waals surface area contributed by atoms with Crippen molar-refractivity contribution in [2.75, 3.05) is 0 Å². The van der Waals surface area contributed by atoms with E-state index in [1.807, 2.05) is 12.5 Å². The van der Waals surface area contributed by atoms with E-state index < -0.39 is 5.97 Å². The predicted molar refractivity (Wildman–Crippen MR) is 74.0 cm³/mol. The average molecular weight is 275 g/mol. The van der Waals surface area contributed by atoms with E-state index in [-0.39, 0.29) is 24.2 Å². The molecule has 1 heterocycles. The average Bonchev–Trinajstić information content (AvgIpc) is 2.75. The molecule has 1 rings (SSSR count). The summed E-state index contributed by atoms with van der Waals surface area (Å²) >= 11 is 0. The van der Waals surface area contributed by atoms with Crippen molar-refractivity contribution in [3.8, 4) is 0 Å². The van der Waals surface area contributed by atoms with E-state index in [2.05, 4.69) is 23.4 Å². The van der Waals surface area contributed by atoms with Crippen LogP contribution in [0.15, 0.2) is 18.7 Å². The van der Waals surface area contributed by atoms with Crippen LogP contribution in [0.2, 0.25) is 0 Å². The van der Waals surface area contributed by atoms with Gasteiger partial charge in [-0.1, -0.05) is 20.3 Å². The number of aliphatic carboxylic acids is 1. The lowest BCUT2D eigenvalue weighted by molar-refractivity contribution is -0.137. The Morgan fingerprint density at radius 1 is 1.33 bits per heavy atom. The minimum absolute atomic E-state index is 0. The van der Waals surface area contributed by atoms with Crippen LogP contribution in [0.4, 0.5) is 0 Å². The summed E-state index contributed by atoms with van der Waals surface area (Å²) in [7, 11) is 0. The molecule has 104 valence electrons. The molecule has 1 N–H and O–H groups in total. The first kappa shape index (κ1) is 17.0. The summed E-state index contributed by atoms with van der Waals surface area (Å²) in [6, 6.07) is 0. The number of rotatable bonds is 8. The molecule has 0 aliphatic heterocycles. The van der Waals surface area contributed by atoms with Crippen LogP contribution in [0.5, 0.6) is 0 Å². The maximum atomic E-state index is 10.5. The number of aryl methyl sites for hydroxylation is 1. The van der Waals surface area contributed by atoms with E-state index in [1.54, 1.807) is 6.20 Å². The molecule has 0 aliphatic carbocycles. The Labute approximate surface area is 115 Å². The third-order valence-electron chi connectivity index (χ3n) is 3.09. The van der Waals surface area contributed by atoms with Gasteiger partial charge in [0, 0.05) is 25.4 Å². The van der Waals surface area contributed by atoms with E-state index in [0.29, 0.717) is 0 Å². The van der Waals surface area contributed by atoms with Gasteiger partial charge in [0.2, 0.25) is 0 Å². The summed E-state index contributed by atoms with van der Waals surface area (Å²) < 4.78 is 2.07. The highest BCUT2D eigenvalue weighted by Crippen LogP contribution is 2.28. The number of carboxylic acid groups (broad SMARTS) is 1. The largest absolute Gasteiger partial charge is 0.481 e. The van der Waals surface area contributed by atoms with Crippen molar-refractivity contribution in [1.82, 2.24) is 9.55 Å². The Bertz CT molecular complexity index is 337. The van der Waals surface area contributed by atoms with Gasteiger partial charge in [-0.3, -0.25) is 4.79 Å². The molecule has 1 aromatic heterocycles. The van der Waals surface area contributed by atoms with Crippen LogP contribution < -0.4 is 0 Å². The highest BCUT2D eigenvalue weighted by Gasteiger charge is 2.18. The van der Waals surface area contributed by atoms with Gasteiger partial charge in [0.05, 0.1) is 6.33 Å². The lowest BCUT2D eigenvalue weighted by atomic mass is 9.83. The first-order chi connectivity index (χ1) is 7.99.